The van der Waals surface area contributed by atoms with Gasteiger partial charge in [0.05, 0.1) is 11.1 Å². The molecule has 1 aliphatic heterocycles. The van der Waals surface area contributed by atoms with Crippen molar-refractivity contribution in [3.8, 4) is 0 Å². The van der Waals surface area contributed by atoms with Gasteiger partial charge in [-0.05, 0) is 57.0 Å². The minimum Gasteiger partial charge on any atom is -0.373 e. The Balaban J connectivity index is 1.53. The molecule has 0 bridgehead atoms. The lowest BCUT2D eigenvalue weighted by atomic mass is 9.80. The molecule has 188 valence electrons. The molecule has 3 fully saturated rings. The fourth-order valence-corrected chi connectivity index (χ4v) is 5.28. The van der Waals surface area contributed by atoms with E-state index >= 15 is 0 Å². The smallest absolute Gasteiger partial charge is 0.373 e. The lowest BCUT2D eigenvalue weighted by Crippen LogP contribution is -2.70. The van der Waals surface area contributed by atoms with Crippen LogP contribution in [0.2, 0.25) is 0 Å². The van der Waals surface area contributed by atoms with Gasteiger partial charge in [-0.2, -0.15) is 26.3 Å². The number of nitrogens with one attached hydrogen (secondary N) is 2. The zero-order chi connectivity index (χ0) is 24.7. The van der Waals surface area contributed by atoms with Crippen molar-refractivity contribution in [3.05, 3.63) is 29.3 Å². The first kappa shape index (κ1) is 25.0. The molecule has 0 amide bonds. The van der Waals surface area contributed by atoms with E-state index in [0.717, 1.165) is 51.6 Å². The Morgan fingerprint density at radius 3 is 1.88 bits per heavy atom. The normalized spacial score (nSPS) is 29.1. The Morgan fingerprint density at radius 1 is 0.735 bits per heavy atom. The van der Waals surface area contributed by atoms with Crippen molar-refractivity contribution >= 4 is 17.3 Å². The van der Waals surface area contributed by atoms with E-state index < -0.39 is 52.8 Å². The van der Waals surface area contributed by atoms with E-state index in [-0.39, 0.29) is 18.2 Å². The van der Waals surface area contributed by atoms with Gasteiger partial charge in [0.25, 0.3) is 0 Å². The van der Waals surface area contributed by atoms with Crippen LogP contribution < -0.4 is 10.6 Å². The minimum absolute atomic E-state index is 0.0277. The lowest BCUT2D eigenvalue weighted by molar-refractivity contribution is -0.146. The molecule has 2 unspecified atom stereocenters. The van der Waals surface area contributed by atoms with Gasteiger partial charge < -0.3 is 10.6 Å². The molecule has 4 rings (SSSR count). The summed E-state index contributed by atoms with van der Waals surface area (Å²) < 4.78 is 79.1. The number of piperidine rings is 1. The quantitative estimate of drug-likeness (QED) is 0.472. The number of carbonyl (C=O) groups excluding carboxylic acids is 2. The van der Waals surface area contributed by atoms with Crippen molar-refractivity contribution in [2.75, 3.05) is 18.4 Å². The largest absolute Gasteiger partial charge is 0.416 e. The summed E-state index contributed by atoms with van der Waals surface area (Å²) in [7, 11) is 0. The van der Waals surface area contributed by atoms with E-state index in [2.05, 4.69) is 15.5 Å². The molecular weight excluding hydrogens is 464 g/mol. The zero-order valence-corrected chi connectivity index (χ0v) is 18.4. The van der Waals surface area contributed by atoms with Crippen LogP contribution in [0, 0.1) is 0 Å². The standard InChI is InChI=1S/C23H27F6N3O2/c24-22(25,26)13-10-14(23(27,28)29)12-15(11-13)30-18-19(21(34)20(18)33)31-16-6-2-3-7-17(16)32-8-4-1-5-9-32/h10-12,16-19,30-31H,1-9H2/t16-,17-,18?,19?/m1/s1. The molecule has 1 aromatic carbocycles. The number of nitrogens with zero attached hydrogens (tertiary/aromatic N) is 1. The molecule has 34 heavy (non-hydrogen) atoms. The molecule has 2 aliphatic carbocycles. The van der Waals surface area contributed by atoms with Crippen LogP contribution in [0.4, 0.5) is 32.0 Å². The van der Waals surface area contributed by atoms with Crippen LogP contribution >= 0.6 is 0 Å². The number of alkyl halides is 6. The summed E-state index contributed by atoms with van der Waals surface area (Å²) in [6.45, 7) is 1.90. The second kappa shape index (κ2) is 9.49. The molecule has 1 heterocycles. The Kier molecular flexibility index (Phi) is 6.97. The first-order valence-electron chi connectivity index (χ1n) is 11.6. The van der Waals surface area contributed by atoms with E-state index in [1.165, 1.54) is 6.42 Å². The number of anilines is 1. The minimum atomic E-state index is -5.00. The topological polar surface area (TPSA) is 61.4 Å². The number of rotatable bonds is 5. The van der Waals surface area contributed by atoms with E-state index in [0.29, 0.717) is 12.1 Å². The fourth-order valence-electron chi connectivity index (χ4n) is 5.28. The van der Waals surface area contributed by atoms with Crippen molar-refractivity contribution in [2.24, 2.45) is 0 Å². The second-order valence-corrected chi connectivity index (χ2v) is 9.34. The van der Waals surface area contributed by atoms with Crippen molar-refractivity contribution in [1.82, 2.24) is 10.2 Å². The van der Waals surface area contributed by atoms with Gasteiger partial charge in [0.15, 0.2) is 0 Å². The highest BCUT2D eigenvalue weighted by Crippen LogP contribution is 2.38. The number of halogens is 6. The van der Waals surface area contributed by atoms with Crippen molar-refractivity contribution < 1.29 is 35.9 Å². The van der Waals surface area contributed by atoms with Crippen LogP contribution in [0.1, 0.15) is 56.1 Å². The number of benzene rings is 1. The predicted molar refractivity (Wildman–Crippen MR) is 112 cm³/mol. The van der Waals surface area contributed by atoms with E-state index in [4.69, 9.17) is 0 Å². The predicted octanol–water partition coefficient (Wildman–Crippen LogP) is 4.41. The molecule has 2 N–H and O–H groups in total. The van der Waals surface area contributed by atoms with Crippen LogP contribution in [-0.4, -0.2) is 53.7 Å². The molecule has 0 radical (unpaired) electrons. The Bertz CT molecular complexity index is 894. The molecule has 1 aromatic rings. The molecular formula is C23H27F6N3O2. The maximum absolute atomic E-state index is 13.2. The lowest BCUT2D eigenvalue weighted by Gasteiger charge is -2.45. The van der Waals surface area contributed by atoms with Gasteiger partial charge in [-0.1, -0.05) is 19.3 Å². The highest BCUT2D eigenvalue weighted by Gasteiger charge is 2.51. The number of hydrogen-bond donors (Lipinski definition) is 2. The summed E-state index contributed by atoms with van der Waals surface area (Å²) in [4.78, 5) is 27.0. The van der Waals surface area contributed by atoms with E-state index in [1.807, 2.05) is 0 Å². The van der Waals surface area contributed by atoms with Gasteiger partial charge in [-0.25, -0.2) is 0 Å². The van der Waals surface area contributed by atoms with Crippen molar-refractivity contribution in [2.45, 2.75) is 81.5 Å². The summed E-state index contributed by atoms with van der Waals surface area (Å²) in [5, 5.41) is 5.70. The van der Waals surface area contributed by atoms with Gasteiger partial charge in [-0.3, -0.25) is 14.5 Å². The molecule has 4 atom stereocenters. The van der Waals surface area contributed by atoms with E-state index in [1.54, 1.807) is 0 Å². The summed E-state index contributed by atoms with van der Waals surface area (Å²) >= 11 is 0. The van der Waals surface area contributed by atoms with Crippen molar-refractivity contribution in [3.63, 3.8) is 0 Å². The molecule has 0 spiro atoms. The Labute approximate surface area is 193 Å². The molecule has 1 saturated heterocycles. The molecule has 5 nitrogen and oxygen atoms in total. The van der Waals surface area contributed by atoms with Gasteiger partial charge in [-0.15, -0.1) is 0 Å². The third-order valence-corrected chi connectivity index (χ3v) is 7.03. The maximum atomic E-state index is 13.2. The van der Waals surface area contributed by atoms with Crippen LogP contribution in [0.3, 0.4) is 0 Å². The fraction of sp³-hybridized carbons (Fsp3) is 0.652. The zero-order valence-electron chi connectivity index (χ0n) is 18.4. The van der Waals surface area contributed by atoms with Gasteiger partial charge >= 0.3 is 12.4 Å². The van der Waals surface area contributed by atoms with Crippen molar-refractivity contribution in [1.29, 1.82) is 0 Å². The first-order valence-corrected chi connectivity index (χ1v) is 11.6. The van der Waals surface area contributed by atoms with Crippen LogP contribution in [0.5, 0.6) is 0 Å². The van der Waals surface area contributed by atoms with Gasteiger partial charge in [0.2, 0.25) is 11.6 Å². The number of ketones is 2. The molecule has 0 aromatic heterocycles. The Hall–Kier alpha value is -2.14. The summed E-state index contributed by atoms with van der Waals surface area (Å²) in [5.41, 5.74) is -3.47. The van der Waals surface area contributed by atoms with Gasteiger partial charge in [0.1, 0.15) is 12.1 Å². The molecule has 3 aliphatic rings. The summed E-state index contributed by atoms with van der Waals surface area (Å²) in [6, 6.07) is -1.03. The van der Waals surface area contributed by atoms with Crippen LogP contribution in [0.15, 0.2) is 18.2 Å². The third kappa shape index (κ3) is 5.25. The number of Topliss-reactive ketones (excluding diaryl/α,β-unsaturated/α-hetero) is 2. The Morgan fingerprint density at radius 2 is 1.29 bits per heavy atom. The third-order valence-electron chi connectivity index (χ3n) is 7.03. The van der Waals surface area contributed by atoms with Gasteiger partial charge in [0, 0.05) is 17.8 Å². The average molecular weight is 491 g/mol. The monoisotopic (exact) mass is 491 g/mol. The number of hydrogen-bond acceptors (Lipinski definition) is 5. The highest BCUT2D eigenvalue weighted by molar-refractivity contribution is 6.49. The second-order valence-electron chi connectivity index (χ2n) is 9.34. The first-order chi connectivity index (χ1) is 15.9. The number of carbonyl (C=O) groups is 2. The SMILES string of the molecule is O=C1C(=O)C(N[C@@H]2CCCC[C@H]2N2CCCCC2)C1Nc1cc(C(F)(F)F)cc(C(F)(F)F)c1. The van der Waals surface area contributed by atoms with Crippen LogP contribution in [-0.2, 0) is 21.9 Å². The summed E-state index contributed by atoms with van der Waals surface area (Å²) in [6.07, 6.45) is -2.95. The maximum Gasteiger partial charge on any atom is 0.416 e. The molecule has 2 saturated carbocycles. The van der Waals surface area contributed by atoms with E-state index in [9.17, 15) is 35.9 Å². The number of likely N-dealkylation sites (tertiary alicyclic amines) is 1. The highest BCUT2D eigenvalue weighted by atomic mass is 19.4. The average Bonchev–Trinajstić information content (AvgIpc) is 2.80. The summed E-state index contributed by atoms with van der Waals surface area (Å²) in [5.74, 6) is -1.56. The van der Waals surface area contributed by atoms with Crippen LogP contribution in [0.25, 0.3) is 0 Å². The molecule has 11 heteroatoms.